The maximum atomic E-state index is 3.42. The third-order valence-corrected chi connectivity index (χ3v) is 2.55. The number of allylic oxidation sites excluding steroid dienone is 2. The Balaban J connectivity index is 0.00000112. The van der Waals surface area contributed by atoms with Gasteiger partial charge in [-0.2, -0.15) is 0 Å². The molecule has 2 rings (SSSR count). The minimum Gasteiger partial charge on any atom is -1.00 e. The molecule has 0 aromatic heterocycles. The van der Waals surface area contributed by atoms with Crippen LogP contribution in [-0.4, -0.2) is 17.3 Å². The van der Waals surface area contributed by atoms with E-state index < -0.39 is 0 Å². The van der Waals surface area contributed by atoms with Gasteiger partial charge in [-0.25, -0.2) is 4.58 Å². The first-order valence-electron chi connectivity index (χ1n) is 4.54. The second-order valence-electron chi connectivity index (χ2n) is 3.15. The summed E-state index contributed by atoms with van der Waals surface area (Å²) in [5, 5.41) is 0. The largest absolute Gasteiger partial charge is 1.00 e. The van der Waals surface area contributed by atoms with Crippen molar-refractivity contribution in [3.63, 3.8) is 0 Å². The molecule has 1 heterocycles. The van der Waals surface area contributed by atoms with Crippen molar-refractivity contribution in [2.24, 2.45) is 0 Å². The van der Waals surface area contributed by atoms with Crippen molar-refractivity contribution in [3.8, 4) is 0 Å². The molecule has 78 valence electrons. The molecule has 0 aliphatic carbocycles. The summed E-state index contributed by atoms with van der Waals surface area (Å²) >= 11 is 3.42. The third-order valence-electron chi connectivity index (χ3n) is 2.03. The van der Waals surface area contributed by atoms with Crippen LogP contribution in [0.25, 0.3) is 0 Å². The smallest absolute Gasteiger partial charge is 0.176 e. The van der Waals surface area contributed by atoms with Crippen molar-refractivity contribution in [2.75, 3.05) is 6.54 Å². The van der Waals surface area contributed by atoms with Gasteiger partial charge >= 0.3 is 0 Å². The van der Waals surface area contributed by atoms with Crippen LogP contribution in [0.2, 0.25) is 0 Å². The number of nitrogens with zero attached hydrogens (tertiary/aromatic N) is 1. The molecule has 1 aromatic rings. The van der Waals surface area contributed by atoms with Gasteiger partial charge in [0.25, 0.3) is 0 Å². The van der Waals surface area contributed by atoms with Gasteiger partial charge in [-0.1, -0.05) is 22.0 Å². The number of halogens is 2. The van der Waals surface area contributed by atoms with E-state index in [1.807, 2.05) is 6.08 Å². The predicted octanol–water partition coefficient (Wildman–Crippen LogP) is -0.0320. The Morgan fingerprint density at radius 3 is 2.47 bits per heavy atom. The van der Waals surface area contributed by atoms with E-state index in [0.717, 1.165) is 11.0 Å². The first-order chi connectivity index (χ1) is 6.84. The fourth-order valence-electron chi connectivity index (χ4n) is 1.32. The van der Waals surface area contributed by atoms with E-state index in [1.54, 1.807) is 0 Å². The summed E-state index contributed by atoms with van der Waals surface area (Å²) in [5.41, 5.74) is 1.22. The molecule has 0 atom stereocenters. The Morgan fingerprint density at radius 2 is 1.87 bits per heavy atom. The lowest BCUT2D eigenvalue weighted by atomic mass is 10.2. The fraction of sp³-hybridized carbons (Fsp3) is 0.0833. The third kappa shape index (κ3) is 3.91. The van der Waals surface area contributed by atoms with Gasteiger partial charge in [-0.15, -0.1) is 0 Å². The van der Waals surface area contributed by atoms with Crippen LogP contribution in [0.3, 0.4) is 0 Å². The maximum Gasteiger partial charge on any atom is 0.176 e. The number of rotatable bonds is 1. The summed E-state index contributed by atoms with van der Waals surface area (Å²) in [6.45, 7) is 0.951. The molecule has 0 unspecified atom stereocenters. The van der Waals surface area contributed by atoms with Gasteiger partial charge in [-0.05, 0) is 30.3 Å². The van der Waals surface area contributed by atoms with Gasteiger partial charge in [0, 0.05) is 16.1 Å². The molecule has 0 bridgehead atoms. The van der Waals surface area contributed by atoms with Gasteiger partial charge in [0.05, 0.1) is 0 Å². The normalized spacial score (nSPS) is 16.5. The fourth-order valence-corrected chi connectivity index (χ4v) is 1.58. The molecular formula is C12H11BrIN. The minimum atomic E-state index is 0. The number of hydrogen-bond acceptors (Lipinski definition) is 0. The molecule has 0 radical (unpaired) electrons. The van der Waals surface area contributed by atoms with Crippen molar-refractivity contribution in [1.29, 1.82) is 0 Å². The van der Waals surface area contributed by atoms with Crippen LogP contribution in [0.5, 0.6) is 0 Å². The van der Waals surface area contributed by atoms with E-state index in [9.17, 15) is 0 Å². The number of hydrogen-bond donors (Lipinski definition) is 0. The second kappa shape index (κ2) is 6.23. The van der Waals surface area contributed by atoms with Crippen LogP contribution in [0, 0.1) is 0 Å². The molecule has 1 aromatic carbocycles. The van der Waals surface area contributed by atoms with Crippen LogP contribution in [0.1, 0.15) is 5.56 Å². The molecule has 0 N–H and O–H groups in total. The lowest BCUT2D eigenvalue weighted by molar-refractivity contribution is -0.440. The molecule has 0 saturated carbocycles. The van der Waals surface area contributed by atoms with Crippen LogP contribution in [0.15, 0.2) is 53.2 Å². The van der Waals surface area contributed by atoms with E-state index in [-0.39, 0.29) is 24.0 Å². The van der Waals surface area contributed by atoms with Gasteiger partial charge in [0.15, 0.2) is 19.0 Å². The Labute approximate surface area is 115 Å². The molecule has 1 aliphatic heterocycles. The Hall–Kier alpha value is -0.420. The summed E-state index contributed by atoms with van der Waals surface area (Å²) in [7, 11) is 0. The summed E-state index contributed by atoms with van der Waals surface area (Å²) in [5.74, 6) is 0. The topological polar surface area (TPSA) is 3.01 Å². The zero-order chi connectivity index (χ0) is 9.80. The Bertz CT molecular complexity index is 404. The van der Waals surface area contributed by atoms with Gasteiger partial charge in [0.1, 0.15) is 0 Å². The highest BCUT2D eigenvalue weighted by Crippen LogP contribution is 2.09. The zero-order valence-electron chi connectivity index (χ0n) is 8.11. The standard InChI is InChI=1S/C12H11BrN.HI/c13-12-6-4-11(5-7-12)10-14-8-2-1-3-9-14;/h1-8,10H,9H2;1H/q+1;/p-1. The molecule has 0 fully saturated rings. The Kier molecular flexibility index (Phi) is 5.25. The first kappa shape index (κ1) is 12.6. The molecule has 1 aliphatic rings. The lowest BCUT2D eigenvalue weighted by Gasteiger charge is -1.97. The van der Waals surface area contributed by atoms with E-state index >= 15 is 0 Å². The monoisotopic (exact) mass is 375 g/mol. The van der Waals surface area contributed by atoms with Crippen molar-refractivity contribution >= 4 is 22.1 Å². The molecule has 0 saturated heterocycles. The lowest BCUT2D eigenvalue weighted by Crippen LogP contribution is -3.00. The van der Waals surface area contributed by atoms with Crippen molar-refractivity contribution in [2.45, 2.75) is 0 Å². The van der Waals surface area contributed by atoms with Crippen LogP contribution < -0.4 is 24.0 Å². The first-order valence-corrected chi connectivity index (χ1v) is 5.33. The van der Waals surface area contributed by atoms with E-state index in [1.165, 1.54) is 5.56 Å². The van der Waals surface area contributed by atoms with Crippen molar-refractivity contribution < 1.29 is 28.6 Å². The highest BCUT2D eigenvalue weighted by atomic mass is 127. The number of benzene rings is 1. The quantitative estimate of drug-likeness (QED) is 0.479. The van der Waals surface area contributed by atoms with Crippen LogP contribution in [-0.2, 0) is 0 Å². The van der Waals surface area contributed by atoms with E-state index in [2.05, 4.69) is 69.3 Å². The molecule has 0 amide bonds. The summed E-state index contributed by atoms with van der Waals surface area (Å²) in [6, 6.07) is 8.29. The van der Waals surface area contributed by atoms with E-state index in [0.29, 0.717) is 0 Å². The summed E-state index contributed by atoms with van der Waals surface area (Å²) in [6.07, 6.45) is 10.4. The van der Waals surface area contributed by atoms with Gasteiger partial charge in [-0.3, -0.25) is 0 Å². The molecule has 0 spiro atoms. The average molecular weight is 376 g/mol. The molecule has 1 nitrogen and oxygen atoms in total. The Morgan fingerprint density at radius 1 is 1.13 bits per heavy atom. The summed E-state index contributed by atoms with van der Waals surface area (Å²) in [4.78, 5) is 0. The molecule has 15 heavy (non-hydrogen) atoms. The minimum absolute atomic E-state index is 0. The highest BCUT2D eigenvalue weighted by molar-refractivity contribution is 9.10. The second-order valence-corrected chi connectivity index (χ2v) is 4.06. The average Bonchev–Trinajstić information content (AvgIpc) is 2.23. The van der Waals surface area contributed by atoms with Gasteiger partial charge in [0.2, 0.25) is 0 Å². The van der Waals surface area contributed by atoms with Crippen LogP contribution in [0.4, 0.5) is 0 Å². The highest BCUT2D eigenvalue weighted by Gasteiger charge is 2.00. The zero-order valence-corrected chi connectivity index (χ0v) is 11.8. The van der Waals surface area contributed by atoms with Gasteiger partial charge < -0.3 is 24.0 Å². The SMILES string of the molecule is Brc1ccc(C=[N+]2C=CC=CC2)cc1.[I-]. The molecular weight excluding hydrogens is 365 g/mol. The van der Waals surface area contributed by atoms with Crippen molar-refractivity contribution in [1.82, 2.24) is 0 Å². The van der Waals surface area contributed by atoms with Crippen molar-refractivity contribution in [3.05, 3.63) is 58.7 Å². The molecule has 3 heteroatoms. The summed E-state index contributed by atoms with van der Waals surface area (Å²) < 4.78 is 3.27. The van der Waals surface area contributed by atoms with E-state index in [4.69, 9.17) is 0 Å². The predicted molar refractivity (Wildman–Crippen MR) is 62.7 cm³/mol. The maximum absolute atomic E-state index is 3.42. The van der Waals surface area contributed by atoms with Crippen LogP contribution >= 0.6 is 15.9 Å².